The van der Waals surface area contributed by atoms with Crippen LogP contribution in [0.2, 0.25) is 0 Å². The quantitative estimate of drug-likeness (QED) is 0.667. The van der Waals surface area contributed by atoms with Crippen LogP contribution in [0.4, 0.5) is 14.5 Å². The van der Waals surface area contributed by atoms with Crippen molar-refractivity contribution in [3.8, 4) is 6.07 Å². The van der Waals surface area contributed by atoms with Crippen molar-refractivity contribution in [1.82, 2.24) is 0 Å². The van der Waals surface area contributed by atoms with E-state index in [0.29, 0.717) is 12.3 Å². The van der Waals surface area contributed by atoms with Gasteiger partial charge in [-0.25, -0.2) is 8.78 Å². The van der Waals surface area contributed by atoms with Gasteiger partial charge in [-0.1, -0.05) is 18.2 Å². The van der Waals surface area contributed by atoms with Crippen LogP contribution in [0.15, 0.2) is 47.4 Å². The first-order valence-electron chi connectivity index (χ1n) is 6.01. The smallest absolute Gasteiger partial charge is 0.150 e. The third-order valence-electron chi connectivity index (χ3n) is 2.59. The lowest BCUT2D eigenvalue weighted by Crippen LogP contribution is -2.08. The molecule has 5 heteroatoms. The van der Waals surface area contributed by atoms with Crippen molar-refractivity contribution < 1.29 is 8.78 Å². The lowest BCUT2D eigenvalue weighted by molar-refractivity contribution is 0.588. The Bertz CT molecular complexity index is 601. The summed E-state index contributed by atoms with van der Waals surface area (Å²) in [5.74, 6) is -0.805. The molecule has 0 radical (unpaired) electrons. The lowest BCUT2D eigenvalue weighted by atomic mass is 10.2. The Morgan fingerprint density at radius 2 is 1.75 bits per heavy atom. The molecule has 2 nitrogen and oxygen atoms in total. The van der Waals surface area contributed by atoms with Crippen molar-refractivity contribution in [3.05, 3.63) is 59.7 Å². The summed E-state index contributed by atoms with van der Waals surface area (Å²) in [5.41, 5.74) is -0.207. The summed E-state index contributed by atoms with van der Waals surface area (Å²) in [6.07, 6.45) is 0. The zero-order valence-corrected chi connectivity index (χ0v) is 11.4. The Balaban J connectivity index is 1.90. The number of nitriles is 1. The van der Waals surface area contributed by atoms with Gasteiger partial charge in [0.15, 0.2) is 11.6 Å². The maximum atomic E-state index is 13.6. The van der Waals surface area contributed by atoms with Crippen molar-refractivity contribution in [1.29, 1.82) is 5.26 Å². The van der Waals surface area contributed by atoms with Crippen LogP contribution in [0.1, 0.15) is 5.56 Å². The van der Waals surface area contributed by atoms with E-state index in [1.807, 2.05) is 30.3 Å². The van der Waals surface area contributed by atoms with Gasteiger partial charge in [-0.3, -0.25) is 0 Å². The van der Waals surface area contributed by atoms with Crippen LogP contribution in [0.25, 0.3) is 0 Å². The van der Waals surface area contributed by atoms with Gasteiger partial charge in [0.25, 0.3) is 0 Å². The summed E-state index contributed by atoms with van der Waals surface area (Å²) in [5, 5.41) is 11.3. The van der Waals surface area contributed by atoms with Crippen LogP contribution in [-0.4, -0.2) is 12.3 Å². The van der Waals surface area contributed by atoms with E-state index in [4.69, 9.17) is 5.26 Å². The standard InChI is InChI=1S/C15H12F2N2S/c16-13-8-11(10-18)9-14(17)15(13)19-6-7-20-12-4-2-1-3-5-12/h1-5,8-9,19H,6-7H2. The maximum absolute atomic E-state index is 13.6. The highest BCUT2D eigenvalue weighted by Crippen LogP contribution is 2.21. The second-order valence-electron chi connectivity index (χ2n) is 4.01. The average molecular weight is 290 g/mol. The number of anilines is 1. The van der Waals surface area contributed by atoms with Crippen LogP contribution in [-0.2, 0) is 0 Å². The summed E-state index contributed by atoms with van der Waals surface area (Å²) in [4.78, 5) is 1.11. The predicted octanol–water partition coefficient (Wildman–Crippen LogP) is 4.04. The van der Waals surface area contributed by atoms with Crippen molar-refractivity contribution in [3.63, 3.8) is 0 Å². The molecule has 20 heavy (non-hydrogen) atoms. The Morgan fingerprint density at radius 1 is 1.10 bits per heavy atom. The molecule has 2 aromatic carbocycles. The fourth-order valence-electron chi connectivity index (χ4n) is 1.67. The molecular weight excluding hydrogens is 278 g/mol. The number of nitrogens with one attached hydrogen (secondary N) is 1. The first-order chi connectivity index (χ1) is 9.70. The molecule has 0 amide bonds. The van der Waals surface area contributed by atoms with E-state index >= 15 is 0 Å². The number of thioether (sulfide) groups is 1. The molecule has 1 N–H and O–H groups in total. The highest BCUT2D eigenvalue weighted by molar-refractivity contribution is 7.99. The molecule has 2 rings (SSSR count). The van der Waals surface area contributed by atoms with Gasteiger partial charge in [0.2, 0.25) is 0 Å². The van der Waals surface area contributed by atoms with Gasteiger partial charge in [-0.15, -0.1) is 11.8 Å². The van der Waals surface area contributed by atoms with Gasteiger partial charge in [0.1, 0.15) is 5.69 Å². The van der Waals surface area contributed by atoms with Crippen molar-refractivity contribution >= 4 is 17.4 Å². The first-order valence-corrected chi connectivity index (χ1v) is 7.00. The molecule has 0 saturated heterocycles. The molecule has 102 valence electrons. The van der Waals surface area contributed by atoms with Crippen LogP contribution < -0.4 is 5.32 Å². The maximum Gasteiger partial charge on any atom is 0.150 e. The summed E-state index contributed by atoms with van der Waals surface area (Å²) >= 11 is 1.60. The molecule has 0 heterocycles. The van der Waals surface area contributed by atoms with Gasteiger partial charge < -0.3 is 5.32 Å². The summed E-state index contributed by atoms with van der Waals surface area (Å²) in [6.45, 7) is 0.430. The molecular formula is C15H12F2N2S. The minimum absolute atomic E-state index is 0.0239. The van der Waals surface area contributed by atoms with E-state index < -0.39 is 11.6 Å². The molecule has 0 bridgehead atoms. The number of nitrogens with zero attached hydrogens (tertiary/aromatic N) is 1. The summed E-state index contributed by atoms with van der Waals surface area (Å²) in [7, 11) is 0. The van der Waals surface area contributed by atoms with Crippen molar-refractivity contribution in [2.45, 2.75) is 4.90 Å². The van der Waals surface area contributed by atoms with Crippen LogP contribution >= 0.6 is 11.8 Å². The third-order valence-corrected chi connectivity index (χ3v) is 3.60. The van der Waals surface area contributed by atoms with E-state index in [-0.39, 0.29) is 11.3 Å². The van der Waals surface area contributed by atoms with E-state index in [0.717, 1.165) is 17.0 Å². The highest BCUT2D eigenvalue weighted by Gasteiger charge is 2.10. The Morgan fingerprint density at radius 3 is 2.35 bits per heavy atom. The second-order valence-corrected chi connectivity index (χ2v) is 5.18. The topological polar surface area (TPSA) is 35.8 Å². The third kappa shape index (κ3) is 3.72. The average Bonchev–Trinajstić information content (AvgIpc) is 2.46. The second kappa shape index (κ2) is 6.92. The normalized spacial score (nSPS) is 10.1. The van der Waals surface area contributed by atoms with E-state index in [1.165, 1.54) is 0 Å². The van der Waals surface area contributed by atoms with E-state index in [9.17, 15) is 8.78 Å². The number of hydrogen-bond donors (Lipinski definition) is 1. The number of halogens is 2. The fourth-order valence-corrected chi connectivity index (χ4v) is 2.46. The van der Waals surface area contributed by atoms with Crippen LogP contribution in [0.3, 0.4) is 0 Å². The Labute approximate surface area is 120 Å². The summed E-state index contributed by atoms with van der Waals surface area (Å²) < 4.78 is 27.2. The molecule has 0 fully saturated rings. The number of benzene rings is 2. The molecule has 0 atom stereocenters. The zero-order chi connectivity index (χ0) is 14.4. The minimum Gasteiger partial charge on any atom is -0.379 e. The SMILES string of the molecule is N#Cc1cc(F)c(NCCSc2ccccc2)c(F)c1. The monoisotopic (exact) mass is 290 g/mol. The Hall–Kier alpha value is -2.06. The lowest BCUT2D eigenvalue weighted by Gasteiger charge is -2.09. The minimum atomic E-state index is -0.744. The largest absolute Gasteiger partial charge is 0.379 e. The zero-order valence-electron chi connectivity index (χ0n) is 10.6. The molecule has 2 aromatic rings. The first kappa shape index (κ1) is 14.4. The van der Waals surface area contributed by atoms with E-state index in [1.54, 1.807) is 17.8 Å². The van der Waals surface area contributed by atoms with Gasteiger partial charge in [0.05, 0.1) is 11.6 Å². The number of rotatable bonds is 5. The Kier molecular flexibility index (Phi) is 4.97. The van der Waals surface area contributed by atoms with Gasteiger partial charge in [-0.2, -0.15) is 5.26 Å². The van der Waals surface area contributed by atoms with Gasteiger partial charge in [0, 0.05) is 17.2 Å². The molecule has 0 spiro atoms. The van der Waals surface area contributed by atoms with Crippen molar-refractivity contribution in [2.24, 2.45) is 0 Å². The molecule has 0 aromatic heterocycles. The van der Waals surface area contributed by atoms with Crippen LogP contribution in [0, 0.1) is 23.0 Å². The van der Waals surface area contributed by atoms with Crippen LogP contribution in [0.5, 0.6) is 0 Å². The molecule has 0 unspecified atom stereocenters. The fraction of sp³-hybridized carbons (Fsp3) is 0.133. The van der Waals surface area contributed by atoms with Crippen molar-refractivity contribution in [2.75, 3.05) is 17.6 Å². The predicted molar refractivity (Wildman–Crippen MR) is 76.7 cm³/mol. The molecule has 0 aliphatic rings. The van der Waals surface area contributed by atoms with Gasteiger partial charge >= 0.3 is 0 Å². The molecule has 0 aliphatic carbocycles. The van der Waals surface area contributed by atoms with E-state index in [2.05, 4.69) is 5.32 Å². The molecule has 0 saturated carbocycles. The van der Waals surface area contributed by atoms with Gasteiger partial charge in [-0.05, 0) is 24.3 Å². The highest BCUT2D eigenvalue weighted by atomic mass is 32.2. The molecule has 0 aliphatic heterocycles. The summed E-state index contributed by atoms with van der Waals surface area (Å²) in [6, 6.07) is 13.5. The number of hydrogen-bond acceptors (Lipinski definition) is 3.